The molecule has 3 rings (SSSR count). The standard InChI is InChI=1S/C18H16ClN3O/c1-12-4-3-5-15(10-12)20-18(23)17-11-13(2)22(21-17)16-8-6-14(19)7-9-16/h3-11H,1-2H3,(H,20,23). The molecule has 0 saturated heterocycles. The number of carbonyl (C=O) groups is 1. The van der Waals surface area contributed by atoms with E-state index in [-0.39, 0.29) is 5.91 Å². The van der Waals surface area contributed by atoms with Crippen LogP contribution in [0.4, 0.5) is 5.69 Å². The normalized spacial score (nSPS) is 10.6. The number of nitrogens with one attached hydrogen (secondary N) is 1. The van der Waals surface area contributed by atoms with Gasteiger partial charge >= 0.3 is 0 Å². The van der Waals surface area contributed by atoms with E-state index in [0.717, 1.165) is 22.6 Å². The Balaban J connectivity index is 1.85. The van der Waals surface area contributed by atoms with Crippen molar-refractivity contribution in [1.29, 1.82) is 0 Å². The van der Waals surface area contributed by atoms with E-state index in [0.29, 0.717) is 10.7 Å². The summed E-state index contributed by atoms with van der Waals surface area (Å²) in [5.74, 6) is -0.230. The van der Waals surface area contributed by atoms with E-state index in [9.17, 15) is 4.79 Å². The molecule has 0 radical (unpaired) electrons. The summed E-state index contributed by atoms with van der Waals surface area (Å²) in [7, 11) is 0. The highest BCUT2D eigenvalue weighted by Crippen LogP contribution is 2.17. The smallest absolute Gasteiger partial charge is 0.276 e. The Morgan fingerprint density at radius 3 is 2.52 bits per heavy atom. The van der Waals surface area contributed by atoms with Crippen LogP contribution in [0.1, 0.15) is 21.7 Å². The minimum Gasteiger partial charge on any atom is -0.321 e. The molecule has 1 N–H and O–H groups in total. The first-order valence-electron chi connectivity index (χ1n) is 7.23. The monoisotopic (exact) mass is 325 g/mol. The molecule has 0 bridgehead atoms. The van der Waals surface area contributed by atoms with Crippen molar-refractivity contribution in [3.8, 4) is 5.69 Å². The molecule has 1 aromatic heterocycles. The molecule has 5 heteroatoms. The number of benzene rings is 2. The minimum atomic E-state index is -0.230. The van der Waals surface area contributed by atoms with Crippen LogP contribution in [0.25, 0.3) is 5.69 Å². The van der Waals surface area contributed by atoms with Gasteiger partial charge in [0.2, 0.25) is 0 Å². The predicted molar refractivity (Wildman–Crippen MR) is 92.4 cm³/mol. The lowest BCUT2D eigenvalue weighted by Gasteiger charge is -2.05. The van der Waals surface area contributed by atoms with E-state index >= 15 is 0 Å². The number of rotatable bonds is 3. The second-order valence-electron chi connectivity index (χ2n) is 5.38. The zero-order chi connectivity index (χ0) is 16.4. The molecule has 3 aromatic rings. The SMILES string of the molecule is Cc1cccc(NC(=O)c2cc(C)n(-c3ccc(Cl)cc3)n2)c1. The fourth-order valence-electron chi connectivity index (χ4n) is 2.35. The lowest BCUT2D eigenvalue weighted by atomic mass is 10.2. The number of aryl methyl sites for hydroxylation is 2. The number of carbonyl (C=O) groups excluding carboxylic acids is 1. The molecule has 0 aliphatic heterocycles. The molecule has 0 aliphatic carbocycles. The van der Waals surface area contributed by atoms with Crippen LogP contribution in [0.2, 0.25) is 5.02 Å². The van der Waals surface area contributed by atoms with Gasteiger partial charge in [-0.15, -0.1) is 0 Å². The average Bonchev–Trinajstić information content (AvgIpc) is 2.90. The Morgan fingerprint density at radius 2 is 1.83 bits per heavy atom. The number of halogens is 1. The first-order valence-corrected chi connectivity index (χ1v) is 7.61. The van der Waals surface area contributed by atoms with Gasteiger partial charge in [0.25, 0.3) is 5.91 Å². The lowest BCUT2D eigenvalue weighted by molar-refractivity contribution is 0.102. The summed E-state index contributed by atoms with van der Waals surface area (Å²) in [6.07, 6.45) is 0. The van der Waals surface area contributed by atoms with E-state index in [1.54, 1.807) is 22.9 Å². The van der Waals surface area contributed by atoms with Gasteiger partial charge < -0.3 is 5.32 Å². The maximum Gasteiger partial charge on any atom is 0.276 e. The van der Waals surface area contributed by atoms with Gasteiger partial charge in [-0.3, -0.25) is 4.79 Å². The summed E-state index contributed by atoms with van der Waals surface area (Å²) >= 11 is 5.90. The minimum absolute atomic E-state index is 0.230. The highest BCUT2D eigenvalue weighted by atomic mass is 35.5. The van der Waals surface area contributed by atoms with Crippen molar-refractivity contribution in [3.05, 3.63) is 76.6 Å². The van der Waals surface area contributed by atoms with Gasteiger partial charge in [-0.05, 0) is 61.9 Å². The summed E-state index contributed by atoms with van der Waals surface area (Å²) in [5, 5.41) is 7.92. The van der Waals surface area contributed by atoms with Crippen molar-refractivity contribution < 1.29 is 4.79 Å². The van der Waals surface area contributed by atoms with Crippen molar-refractivity contribution in [2.45, 2.75) is 13.8 Å². The number of anilines is 1. The van der Waals surface area contributed by atoms with Gasteiger partial charge in [-0.2, -0.15) is 5.10 Å². The van der Waals surface area contributed by atoms with Crippen LogP contribution in [-0.4, -0.2) is 15.7 Å². The van der Waals surface area contributed by atoms with Crippen molar-refractivity contribution in [2.75, 3.05) is 5.32 Å². The third-order valence-electron chi connectivity index (χ3n) is 3.47. The van der Waals surface area contributed by atoms with Crippen LogP contribution in [0.3, 0.4) is 0 Å². The molecule has 0 aliphatic rings. The van der Waals surface area contributed by atoms with Crippen molar-refractivity contribution in [1.82, 2.24) is 9.78 Å². The molecule has 4 nitrogen and oxygen atoms in total. The Bertz CT molecular complexity index is 853. The van der Waals surface area contributed by atoms with E-state index in [4.69, 9.17) is 11.6 Å². The average molecular weight is 326 g/mol. The number of aromatic nitrogens is 2. The molecule has 1 heterocycles. The summed E-state index contributed by atoms with van der Waals surface area (Å²) in [5.41, 5.74) is 3.96. The number of amides is 1. The highest BCUT2D eigenvalue weighted by molar-refractivity contribution is 6.30. The highest BCUT2D eigenvalue weighted by Gasteiger charge is 2.13. The summed E-state index contributed by atoms with van der Waals surface area (Å²) in [6, 6.07) is 16.7. The lowest BCUT2D eigenvalue weighted by Crippen LogP contribution is -2.13. The fraction of sp³-hybridized carbons (Fsp3) is 0.111. The van der Waals surface area contributed by atoms with Crippen LogP contribution in [0, 0.1) is 13.8 Å². The van der Waals surface area contributed by atoms with Crippen molar-refractivity contribution >= 4 is 23.2 Å². The predicted octanol–water partition coefficient (Wildman–Crippen LogP) is 4.39. The van der Waals surface area contributed by atoms with E-state index in [2.05, 4.69) is 10.4 Å². The number of hydrogen-bond acceptors (Lipinski definition) is 2. The van der Waals surface area contributed by atoms with Crippen LogP contribution in [0.15, 0.2) is 54.6 Å². The maximum atomic E-state index is 12.4. The summed E-state index contributed by atoms with van der Waals surface area (Å²) in [6.45, 7) is 3.89. The van der Waals surface area contributed by atoms with Crippen LogP contribution in [0.5, 0.6) is 0 Å². The van der Waals surface area contributed by atoms with E-state index in [1.807, 2.05) is 50.2 Å². The van der Waals surface area contributed by atoms with Gasteiger partial charge in [-0.1, -0.05) is 23.7 Å². The maximum absolute atomic E-state index is 12.4. The molecule has 23 heavy (non-hydrogen) atoms. The molecule has 1 amide bonds. The van der Waals surface area contributed by atoms with Gasteiger partial charge in [0.1, 0.15) is 0 Å². The Labute approximate surface area is 139 Å². The molecule has 2 aromatic carbocycles. The zero-order valence-corrected chi connectivity index (χ0v) is 13.6. The van der Waals surface area contributed by atoms with Gasteiger partial charge in [0.05, 0.1) is 5.69 Å². The van der Waals surface area contributed by atoms with E-state index in [1.165, 1.54) is 0 Å². The van der Waals surface area contributed by atoms with Gasteiger partial charge in [0.15, 0.2) is 5.69 Å². The Hall–Kier alpha value is -2.59. The number of hydrogen-bond donors (Lipinski definition) is 1. The van der Waals surface area contributed by atoms with E-state index < -0.39 is 0 Å². The quantitative estimate of drug-likeness (QED) is 0.776. The summed E-state index contributed by atoms with van der Waals surface area (Å²) < 4.78 is 1.72. The molecule has 0 saturated carbocycles. The van der Waals surface area contributed by atoms with Gasteiger partial charge in [-0.25, -0.2) is 4.68 Å². The van der Waals surface area contributed by atoms with Crippen LogP contribution < -0.4 is 5.32 Å². The summed E-state index contributed by atoms with van der Waals surface area (Å²) in [4.78, 5) is 12.4. The Kier molecular flexibility index (Phi) is 4.17. The molecular formula is C18H16ClN3O. The van der Waals surface area contributed by atoms with Crippen LogP contribution in [-0.2, 0) is 0 Å². The third kappa shape index (κ3) is 3.43. The Morgan fingerprint density at radius 1 is 1.09 bits per heavy atom. The second kappa shape index (κ2) is 6.26. The molecule has 0 spiro atoms. The topological polar surface area (TPSA) is 46.9 Å². The van der Waals surface area contributed by atoms with Crippen molar-refractivity contribution in [3.63, 3.8) is 0 Å². The first-order chi connectivity index (χ1) is 11.0. The number of nitrogens with zero attached hydrogens (tertiary/aromatic N) is 2. The second-order valence-corrected chi connectivity index (χ2v) is 5.82. The fourth-order valence-corrected chi connectivity index (χ4v) is 2.47. The molecule has 0 unspecified atom stereocenters. The van der Waals surface area contributed by atoms with Gasteiger partial charge in [0, 0.05) is 16.4 Å². The van der Waals surface area contributed by atoms with Crippen LogP contribution >= 0.6 is 11.6 Å². The molecule has 0 atom stereocenters. The molecule has 0 fully saturated rings. The van der Waals surface area contributed by atoms with Crippen molar-refractivity contribution in [2.24, 2.45) is 0 Å². The largest absolute Gasteiger partial charge is 0.321 e. The third-order valence-corrected chi connectivity index (χ3v) is 3.72. The molecule has 116 valence electrons. The first kappa shape index (κ1) is 15.3. The zero-order valence-electron chi connectivity index (χ0n) is 12.9. The molecular weight excluding hydrogens is 310 g/mol.